The van der Waals surface area contributed by atoms with E-state index in [-0.39, 0.29) is 5.69 Å². The largest absolute Gasteiger partial charge is 0.336 e. The number of benzene rings is 1. The van der Waals surface area contributed by atoms with Crippen molar-refractivity contribution in [1.82, 2.24) is 4.57 Å². The molecule has 0 spiro atoms. The molecule has 0 radical (unpaired) electrons. The molecule has 74 valence electrons. The maximum atomic E-state index is 10.6. The molecule has 0 N–H and O–H groups in total. The third-order valence-corrected chi connectivity index (χ3v) is 2.23. The molecule has 1 aromatic carbocycles. The molecular weight excluding hydrogens is 192 g/mol. The molecule has 0 atom stereocenters. The smallest absolute Gasteiger partial charge is 0.271 e. The molecule has 0 fully saturated rings. The standard InChI is InChI=1S/C11H8N2O2/c1-2-6-12-7-5-9-3-4-10(13(14)15)8-11(9)12/h1,3-5,7-8H,6H2. The molecule has 0 saturated heterocycles. The van der Waals surface area contributed by atoms with E-state index in [1.54, 1.807) is 6.07 Å². The quantitative estimate of drug-likeness (QED) is 0.423. The number of non-ortho nitro benzene ring substituents is 1. The maximum Gasteiger partial charge on any atom is 0.271 e. The summed E-state index contributed by atoms with van der Waals surface area (Å²) >= 11 is 0. The number of aromatic nitrogens is 1. The lowest BCUT2D eigenvalue weighted by Crippen LogP contribution is -1.93. The Hall–Kier alpha value is -2.28. The Kier molecular flexibility index (Phi) is 2.14. The molecule has 2 aromatic rings. The van der Waals surface area contributed by atoms with Crippen LogP contribution in [0.4, 0.5) is 5.69 Å². The third kappa shape index (κ3) is 1.55. The van der Waals surface area contributed by atoms with Crippen LogP contribution in [0.3, 0.4) is 0 Å². The molecule has 0 unspecified atom stereocenters. The first kappa shape index (κ1) is 9.28. The first-order valence-electron chi connectivity index (χ1n) is 4.39. The predicted molar refractivity (Wildman–Crippen MR) is 57.4 cm³/mol. The van der Waals surface area contributed by atoms with E-state index in [1.165, 1.54) is 12.1 Å². The van der Waals surface area contributed by atoms with Gasteiger partial charge >= 0.3 is 0 Å². The molecule has 0 aliphatic carbocycles. The summed E-state index contributed by atoms with van der Waals surface area (Å²) in [4.78, 5) is 10.2. The minimum atomic E-state index is -0.410. The molecule has 4 heteroatoms. The Labute approximate surface area is 86.3 Å². The lowest BCUT2D eigenvalue weighted by Gasteiger charge is -1.99. The van der Waals surface area contributed by atoms with Gasteiger partial charge in [-0.3, -0.25) is 10.1 Å². The number of terminal acetylenes is 1. The Bertz CT molecular complexity index is 563. The van der Waals surface area contributed by atoms with Crippen LogP contribution in [0.15, 0.2) is 30.5 Å². The van der Waals surface area contributed by atoms with Crippen molar-refractivity contribution in [2.24, 2.45) is 0 Å². The van der Waals surface area contributed by atoms with Crippen molar-refractivity contribution in [2.45, 2.75) is 6.54 Å². The van der Waals surface area contributed by atoms with Crippen LogP contribution in [-0.4, -0.2) is 9.49 Å². The SMILES string of the molecule is C#CCn1ccc2ccc([N+](=O)[O-])cc21. The minimum absolute atomic E-state index is 0.0828. The average molecular weight is 200 g/mol. The highest BCUT2D eigenvalue weighted by atomic mass is 16.6. The van der Waals surface area contributed by atoms with Crippen molar-refractivity contribution in [3.63, 3.8) is 0 Å². The van der Waals surface area contributed by atoms with Gasteiger partial charge in [0.2, 0.25) is 0 Å². The Morgan fingerprint density at radius 3 is 2.93 bits per heavy atom. The zero-order chi connectivity index (χ0) is 10.8. The van der Waals surface area contributed by atoms with E-state index < -0.39 is 4.92 Å². The molecular formula is C11H8N2O2. The summed E-state index contributed by atoms with van der Waals surface area (Å²) in [6, 6.07) is 6.63. The predicted octanol–water partition coefficient (Wildman–Crippen LogP) is 2.18. The fourth-order valence-electron chi connectivity index (χ4n) is 1.52. The topological polar surface area (TPSA) is 48.1 Å². The summed E-state index contributed by atoms with van der Waals surface area (Å²) in [6.45, 7) is 0.421. The summed E-state index contributed by atoms with van der Waals surface area (Å²) < 4.78 is 1.81. The lowest BCUT2D eigenvalue weighted by atomic mass is 10.2. The van der Waals surface area contributed by atoms with Gasteiger partial charge in [-0.05, 0) is 12.1 Å². The van der Waals surface area contributed by atoms with Gasteiger partial charge in [0.1, 0.15) is 0 Å². The van der Waals surface area contributed by atoms with E-state index in [4.69, 9.17) is 6.42 Å². The van der Waals surface area contributed by atoms with Crippen LogP contribution in [-0.2, 0) is 6.54 Å². The fourth-order valence-corrected chi connectivity index (χ4v) is 1.52. The minimum Gasteiger partial charge on any atom is -0.336 e. The molecule has 2 rings (SSSR count). The third-order valence-electron chi connectivity index (χ3n) is 2.23. The van der Waals surface area contributed by atoms with Gasteiger partial charge < -0.3 is 4.57 Å². The van der Waals surface area contributed by atoms with Crippen LogP contribution in [0.5, 0.6) is 0 Å². The lowest BCUT2D eigenvalue weighted by molar-refractivity contribution is -0.384. The summed E-state index contributed by atoms with van der Waals surface area (Å²) in [6.07, 6.45) is 7.03. The van der Waals surface area contributed by atoms with Gasteiger partial charge in [0.15, 0.2) is 0 Å². The molecule has 0 amide bonds. The number of nitro groups is 1. The Morgan fingerprint density at radius 2 is 2.27 bits per heavy atom. The zero-order valence-corrected chi connectivity index (χ0v) is 7.88. The maximum absolute atomic E-state index is 10.6. The first-order chi connectivity index (χ1) is 7.22. The van der Waals surface area contributed by atoms with Crippen LogP contribution in [0.1, 0.15) is 0 Å². The molecule has 0 aliphatic heterocycles. The fraction of sp³-hybridized carbons (Fsp3) is 0.0909. The van der Waals surface area contributed by atoms with Crippen molar-refractivity contribution < 1.29 is 4.92 Å². The van der Waals surface area contributed by atoms with Crippen molar-refractivity contribution in [3.05, 3.63) is 40.6 Å². The molecule has 1 heterocycles. The van der Waals surface area contributed by atoms with Crippen molar-refractivity contribution >= 4 is 16.6 Å². The Morgan fingerprint density at radius 1 is 1.47 bits per heavy atom. The van der Waals surface area contributed by atoms with Crippen molar-refractivity contribution in [3.8, 4) is 12.3 Å². The van der Waals surface area contributed by atoms with E-state index >= 15 is 0 Å². The zero-order valence-electron chi connectivity index (χ0n) is 7.88. The summed E-state index contributed by atoms with van der Waals surface area (Å²) in [5.74, 6) is 2.50. The summed E-state index contributed by atoms with van der Waals surface area (Å²) in [5.41, 5.74) is 0.877. The van der Waals surface area contributed by atoms with Gasteiger partial charge in [-0.15, -0.1) is 6.42 Å². The van der Waals surface area contributed by atoms with Gasteiger partial charge in [-0.25, -0.2) is 0 Å². The van der Waals surface area contributed by atoms with Gasteiger partial charge in [0.25, 0.3) is 5.69 Å². The first-order valence-corrected chi connectivity index (χ1v) is 4.39. The molecule has 0 saturated carbocycles. The Balaban J connectivity index is 2.62. The molecule has 1 aromatic heterocycles. The molecule has 4 nitrogen and oxygen atoms in total. The van der Waals surface area contributed by atoms with E-state index in [0.29, 0.717) is 6.54 Å². The molecule has 0 bridgehead atoms. The van der Waals surface area contributed by atoms with Gasteiger partial charge in [0.05, 0.1) is 17.0 Å². The highest BCUT2D eigenvalue weighted by Gasteiger charge is 2.08. The number of hydrogen-bond donors (Lipinski definition) is 0. The second kappa shape index (κ2) is 3.46. The van der Waals surface area contributed by atoms with E-state index in [0.717, 1.165) is 10.9 Å². The average Bonchev–Trinajstić information content (AvgIpc) is 2.61. The van der Waals surface area contributed by atoms with Gasteiger partial charge in [-0.1, -0.05) is 5.92 Å². The van der Waals surface area contributed by atoms with Crippen molar-refractivity contribution in [2.75, 3.05) is 0 Å². The number of nitro benzene ring substituents is 1. The van der Waals surface area contributed by atoms with Crippen LogP contribution in [0.2, 0.25) is 0 Å². The highest BCUT2D eigenvalue weighted by molar-refractivity contribution is 5.82. The molecule has 15 heavy (non-hydrogen) atoms. The number of fused-ring (bicyclic) bond motifs is 1. The van der Waals surface area contributed by atoms with E-state index in [9.17, 15) is 10.1 Å². The van der Waals surface area contributed by atoms with Crippen LogP contribution < -0.4 is 0 Å². The second-order valence-corrected chi connectivity index (χ2v) is 3.15. The summed E-state index contributed by atoms with van der Waals surface area (Å²) in [7, 11) is 0. The number of hydrogen-bond acceptors (Lipinski definition) is 2. The van der Waals surface area contributed by atoms with E-state index in [1.807, 2.05) is 16.8 Å². The van der Waals surface area contributed by atoms with E-state index in [2.05, 4.69) is 5.92 Å². The number of nitrogens with zero attached hydrogens (tertiary/aromatic N) is 2. The van der Waals surface area contributed by atoms with Gasteiger partial charge in [0, 0.05) is 23.7 Å². The number of rotatable bonds is 2. The van der Waals surface area contributed by atoms with Crippen LogP contribution in [0, 0.1) is 22.5 Å². The normalized spacial score (nSPS) is 10.1. The van der Waals surface area contributed by atoms with Crippen LogP contribution in [0.25, 0.3) is 10.9 Å². The van der Waals surface area contributed by atoms with Crippen molar-refractivity contribution in [1.29, 1.82) is 0 Å². The van der Waals surface area contributed by atoms with Crippen LogP contribution >= 0.6 is 0 Å². The van der Waals surface area contributed by atoms with Gasteiger partial charge in [-0.2, -0.15) is 0 Å². The monoisotopic (exact) mass is 200 g/mol. The summed E-state index contributed by atoms with van der Waals surface area (Å²) in [5, 5.41) is 11.5. The highest BCUT2D eigenvalue weighted by Crippen LogP contribution is 2.21. The second-order valence-electron chi connectivity index (χ2n) is 3.15. The molecule has 0 aliphatic rings.